The van der Waals surface area contributed by atoms with E-state index in [-0.39, 0.29) is 10.6 Å². The van der Waals surface area contributed by atoms with Crippen molar-refractivity contribution in [3.05, 3.63) is 68.5 Å². The molecule has 0 N–H and O–H groups in total. The average molecular weight is 349 g/mol. The Bertz CT molecular complexity index is 672. The van der Waals surface area contributed by atoms with Crippen LogP contribution in [-0.2, 0) is 0 Å². The van der Waals surface area contributed by atoms with E-state index in [1.807, 2.05) is 12.1 Å². The van der Waals surface area contributed by atoms with Gasteiger partial charge in [-0.3, -0.25) is 0 Å². The molecule has 2 aromatic rings. The fourth-order valence-corrected chi connectivity index (χ4v) is 3.81. The summed E-state index contributed by atoms with van der Waals surface area (Å²) in [5.74, 6) is -0.146. The van der Waals surface area contributed by atoms with Gasteiger partial charge in [0.05, 0.1) is 4.83 Å². The molecule has 0 heterocycles. The number of aryl methyl sites for hydroxylation is 1. The second-order valence-electron chi connectivity index (χ2n) is 5.91. The molecule has 2 rings (SSSR count). The maximum absolute atomic E-state index is 13.9. The molecule has 0 nitrogen and oxygen atoms in total. The van der Waals surface area contributed by atoms with Crippen LogP contribution in [0.3, 0.4) is 0 Å². The van der Waals surface area contributed by atoms with Gasteiger partial charge in [-0.05, 0) is 92.1 Å². The van der Waals surface area contributed by atoms with Crippen molar-refractivity contribution in [2.24, 2.45) is 0 Å². The zero-order chi connectivity index (χ0) is 15.9. The van der Waals surface area contributed by atoms with Gasteiger partial charge in [-0.1, -0.05) is 28.1 Å². The van der Waals surface area contributed by atoms with Crippen LogP contribution in [0, 0.1) is 47.4 Å². The van der Waals surface area contributed by atoms with E-state index in [1.165, 1.54) is 33.4 Å². The van der Waals surface area contributed by atoms with Gasteiger partial charge in [0.25, 0.3) is 0 Å². The SMILES string of the molecule is Cc1ccc(C(Br)c2c(C)c(C)c(C)c(C)c2C)cc1F. The smallest absolute Gasteiger partial charge is 0.126 e. The van der Waals surface area contributed by atoms with E-state index in [9.17, 15) is 4.39 Å². The molecule has 112 valence electrons. The van der Waals surface area contributed by atoms with E-state index >= 15 is 0 Å². The van der Waals surface area contributed by atoms with Gasteiger partial charge in [0.15, 0.2) is 0 Å². The van der Waals surface area contributed by atoms with E-state index in [4.69, 9.17) is 0 Å². The van der Waals surface area contributed by atoms with E-state index in [1.54, 1.807) is 13.0 Å². The summed E-state index contributed by atoms with van der Waals surface area (Å²) < 4.78 is 13.9. The summed E-state index contributed by atoms with van der Waals surface area (Å²) in [6, 6.07) is 5.48. The Morgan fingerprint density at radius 2 is 1.29 bits per heavy atom. The van der Waals surface area contributed by atoms with Gasteiger partial charge in [-0.25, -0.2) is 4.39 Å². The lowest BCUT2D eigenvalue weighted by Crippen LogP contribution is -2.06. The van der Waals surface area contributed by atoms with Crippen LogP contribution >= 0.6 is 15.9 Å². The summed E-state index contributed by atoms with van der Waals surface area (Å²) in [5, 5.41) is 0. The Kier molecular flexibility index (Phi) is 4.57. The van der Waals surface area contributed by atoms with Crippen molar-refractivity contribution < 1.29 is 4.39 Å². The molecular weight excluding hydrogens is 327 g/mol. The minimum Gasteiger partial charge on any atom is -0.207 e. The van der Waals surface area contributed by atoms with E-state index in [2.05, 4.69) is 50.5 Å². The molecule has 0 saturated heterocycles. The Morgan fingerprint density at radius 1 is 0.810 bits per heavy atom. The highest BCUT2D eigenvalue weighted by Crippen LogP contribution is 2.39. The highest BCUT2D eigenvalue weighted by molar-refractivity contribution is 9.09. The molecule has 0 fully saturated rings. The molecule has 1 unspecified atom stereocenters. The topological polar surface area (TPSA) is 0 Å². The van der Waals surface area contributed by atoms with Gasteiger partial charge in [-0.2, -0.15) is 0 Å². The van der Waals surface area contributed by atoms with Crippen LogP contribution in [0.1, 0.15) is 49.3 Å². The number of alkyl halides is 1. The number of benzene rings is 2. The van der Waals surface area contributed by atoms with Crippen molar-refractivity contribution >= 4 is 15.9 Å². The summed E-state index contributed by atoms with van der Waals surface area (Å²) in [6.07, 6.45) is 0. The summed E-state index contributed by atoms with van der Waals surface area (Å²) in [4.78, 5) is 0.0191. The van der Waals surface area contributed by atoms with Gasteiger partial charge in [-0.15, -0.1) is 0 Å². The van der Waals surface area contributed by atoms with Crippen LogP contribution < -0.4 is 0 Å². The Hall–Kier alpha value is -1.15. The molecule has 0 aliphatic heterocycles. The van der Waals surface area contributed by atoms with Crippen molar-refractivity contribution in [1.82, 2.24) is 0 Å². The normalized spacial score (nSPS) is 12.6. The second-order valence-corrected chi connectivity index (χ2v) is 6.83. The van der Waals surface area contributed by atoms with Crippen LogP contribution in [0.2, 0.25) is 0 Å². The maximum atomic E-state index is 13.9. The highest BCUT2D eigenvalue weighted by Gasteiger charge is 2.20. The Morgan fingerprint density at radius 3 is 1.76 bits per heavy atom. The molecule has 2 heteroatoms. The molecule has 0 aromatic heterocycles. The molecule has 0 bridgehead atoms. The largest absolute Gasteiger partial charge is 0.207 e. The number of rotatable bonds is 2. The first-order chi connectivity index (χ1) is 9.75. The molecule has 0 aliphatic carbocycles. The van der Waals surface area contributed by atoms with E-state index < -0.39 is 0 Å². The first-order valence-corrected chi connectivity index (χ1v) is 8.14. The van der Waals surface area contributed by atoms with E-state index in [0.717, 1.165) is 5.56 Å². The lowest BCUT2D eigenvalue weighted by molar-refractivity contribution is 0.616. The van der Waals surface area contributed by atoms with Crippen molar-refractivity contribution in [2.75, 3.05) is 0 Å². The third-order valence-electron chi connectivity index (χ3n) is 4.80. The summed E-state index contributed by atoms with van der Waals surface area (Å²) in [7, 11) is 0. The Labute approximate surface area is 135 Å². The average Bonchev–Trinajstić information content (AvgIpc) is 2.46. The van der Waals surface area contributed by atoms with Crippen molar-refractivity contribution in [1.29, 1.82) is 0 Å². The first-order valence-electron chi connectivity index (χ1n) is 7.22. The van der Waals surface area contributed by atoms with Crippen molar-refractivity contribution in [3.8, 4) is 0 Å². The molecule has 21 heavy (non-hydrogen) atoms. The number of hydrogen-bond acceptors (Lipinski definition) is 0. The third kappa shape index (κ3) is 2.78. The molecule has 1 atom stereocenters. The standard InChI is InChI=1S/C19H22BrF/c1-10-7-8-16(9-17(10)21)19(20)18-14(5)12(3)11(2)13(4)15(18)6/h7-9,19H,1-6H3. The minimum atomic E-state index is -0.146. The van der Waals surface area contributed by atoms with Gasteiger partial charge in [0.1, 0.15) is 5.82 Å². The van der Waals surface area contributed by atoms with E-state index in [0.29, 0.717) is 5.56 Å². The number of halogens is 2. The first kappa shape index (κ1) is 16.2. The van der Waals surface area contributed by atoms with Crippen LogP contribution in [0.15, 0.2) is 18.2 Å². The molecule has 0 spiro atoms. The fraction of sp³-hybridized carbons (Fsp3) is 0.368. The maximum Gasteiger partial charge on any atom is 0.126 e. The molecular formula is C19H22BrF. The Balaban J connectivity index is 2.63. The van der Waals surface area contributed by atoms with Crippen LogP contribution in [0.4, 0.5) is 4.39 Å². The molecule has 0 saturated carbocycles. The molecule has 0 amide bonds. The highest BCUT2D eigenvalue weighted by atomic mass is 79.9. The van der Waals surface area contributed by atoms with Gasteiger partial charge >= 0.3 is 0 Å². The summed E-state index contributed by atoms with van der Waals surface area (Å²) in [6.45, 7) is 12.6. The van der Waals surface area contributed by atoms with Crippen LogP contribution in [-0.4, -0.2) is 0 Å². The minimum absolute atomic E-state index is 0.0191. The molecule has 2 aromatic carbocycles. The van der Waals surface area contributed by atoms with Gasteiger partial charge in [0, 0.05) is 0 Å². The summed E-state index contributed by atoms with van der Waals surface area (Å²) >= 11 is 3.78. The third-order valence-corrected chi connectivity index (χ3v) is 5.79. The lowest BCUT2D eigenvalue weighted by Gasteiger charge is -2.23. The molecule has 0 radical (unpaired) electrons. The van der Waals surface area contributed by atoms with Crippen molar-refractivity contribution in [3.63, 3.8) is 0 Å². The predicted octanol–water partition coefficient (Wildman–Crippen LogP) is 6.16. The fourth-order valence-electron chi connectivity index (χ4n) is 2.84. The zero-order valence-electron chi connectivity index (χ0n) is 13.6. The second kappa shape index (κ2) is 5.92. The van der Waals surface area contributed by atoms with Crippen LogP contribution in [0.25, 0.3) is 0 Å². The van der Waals surface area contributed by atoms with Crippen LogP contribution in [0.5, 0.6) is 0 Å². The van der Waals surface area contributed by atoms with Gasteiger partial charge in [0.2, 0.25) is 0 Å². The van der Waals surface area contributed by atoms with Gasteiger partial charge < -0.3 is 0 Å². The van der Waals surface area contributed by atoms with Crippen molar-refractivity contribution in [2.45, 2.75) is 46.4 Å². The summed E-state index contributed by atoms with van der Waals surface area (Å²) in [5.41, 5.74) is 9.49. The number of hydrogen-bond donors (Lipinski definition) is 0. The predicted molar refractivity (Wildman–Crippen MR) is 92.0 cm³/mol. The lowest BCUT2D eigenvalue weighted by atomic mass is 9.86. The molecule has 0 aliphatic rings. The monoisotopic (exact) mass is 348 g/mol. The zero-order valence-corrected chi connectivity index (χ0v) is 15.2. The quantitative estimate of drug-likeness (QED) is 0.570.